The van der Waals surface area contributed by atoms with E-state index in [1.54, 1.807) is 6.07 Å². The van der Waals surface area contributed by atoms with Crippen LogP contribution in [0, 0.1) is 5.82 Å². The Morgan fingerprint density at radius 3 is 2.36 bits per heavy atom. The minimum absolute atomic E-state index is 0.161. The van der Waals surface area contributed by atoms with Crippen molar-refractivity contribution in [1.29, 1.82) is 0 Å². The minimum Gasteiger partial charge on any atom is -0.507 e. The van der Waals surface area contributed by atoms with Crippen LogP contribution in [0.25, 0.3) is 0 Å². The summed E-state index contributed by atoms with van der Waals surface area (Å²) in [6.45, 7) is 4.02. The molecular weight excluding hydrogens is 179 g/mol. The summed E-state index contributed by atoms with van der Waals surface area (Å²) in [6, 6.07) is 3.13. The van der Waals surface area contributed by atoms with Crippen molar-refractivity contribution in [2.75, 3.05) is 0 Å². The molecule has 0 unspecified atom stereocenters. The molecule has 1 N–H and O–H groups in total. The zero-order valence-corrected chi connectivity index (χ0v) is 8.81. The molecule has 0 saturated carbocycles. The Balaban J connectivity index is 3.05. The third kappa shape index (κ3) is 2.25. The molecule has 1 aromatic carbocycles. The van der Waals surface area contributed by atoms with Crippen LogP contribution < -0.4 is 0 Å². The van der Waals surface area contributed by atoms with Crippen molar-refractivity contribution in [1.82, 2.24) is 0 Å². The summed E-state index contributed by atoms with van der Waals surface area (Å²) in [5.41, 5.74) is 1.33. The smallest absolute Gasteiger partial charge is 0.130 e. The van der Waals surface area contributed by atoms with Gasteiger partial charge in [-0.15, -0.1) is 0 Å². The van der Waals surface area contributed by atoms with Gasteiger partial charge in [-0.25, -0.2) is 4.39 Å². The molecule has 0 aliphatic carbocycles. The van der Waals surface area contributed by atoms with Gasteiger partial charge < -0.3 is 5.11 Å². The summed E-state index contributed by atoms with van der Waals surface area (Å²) in [5.74, 6) is -0.127. The molecule has 78 valence electrons. The fourth-order valence-corrected chi connectivity index (χ4v) is 1.62. The molecule has 0 spiro atoms. The molecule has 1 rings (SSSR count). The van der Waals surface area contributed by atoms with Gasteiger partial charge in [0, 0.05) is 5.56 Å². The summed E-state index contributed by atoms with van der Waals surface area (Å²) in [6.07, 6.45) is 3.23. The summed E-state index contributed by atoms with van der Waals surface area (Å²) in [5, 5.41) is 9.79. The van der Waals surface area contributed by atoms with Crippen molar-refractivity contribution in [2.24, 2.45) is 0 Å². The van der Waals surface area contributed by atoms with Crippen LogP contribution in [0.3, 0.4) is 0 Å². The van der Waals surface area contributed by atoms with Crippen molar-refractivity contribution in [3.63, 3.8) is 0 Å². The van der Waals surface area contributed by atoms with E-state index in [4.69, 9.17) is 0 Å². The zero-order valence-electron chi connectivity index (χ0n) is 8.81. The third-order valence-corrected chi connectivity index (χ3v) is 2.33. The standard InChI is InChI=1S/C12H17FO/c1-3-5-9-7-8-11(13)10(6-4-2)12(9)14/h7-8,14H,3-6H2,1-2H3. The molecule has 14 heavy (non-hydrogen) atoms. The Labute approximate surface area is 84.6 Å². The lowest BCUT2D eigenvalue weighted by Crippen LogP contribution is -1.95. The van der Waals surface area contributed by atoms with Crippen LogP contribution in [0.15, 0.2) is 12.1 Å². The fourth-order valence-electron chi connectivity index (χ4n) is 1.62. The number of rotatable bonds is 4. The Hall–Kier alpha value is -1.05. The van der Waals surface area contributed by atoms with Gasteiger partial charge in [0.15, 0.2) is 0 Å². The van der Waals surface area contributed by atoms with Gasteiger partial charge in [0.2, 0.25) is 0 Å². The highest BCUT2D eigenvalue weighted by atomic mass is 19.1. The second-order valence-electron chi connectivity index (χ2n) is 3.53. The predicted octanol–water partition coefficient (Wildman–Crippen LogP) is 3.44. The summed E-state index contributed by atoms with van der Waals surface area (Å²) in [4.78, 5) is 0. The first-order valence-electron chi connectivity index (χ1n) is 5.19. The number of aromatic hydroxyl groups is 1. The molecule has 1 aromatic rings. The van der Waals surface area contributed by atoms with Crippen molar-refractivity contribution < 1.29 is 9.50 Å². The van der Waals surface area contributed by atoms with Crippen molar-refractivity contribution in [3.05, 3.63) is 29.1 Å². The van der Waals surface area contributed by atoms with Crippen LogP contribution in [0.2, 0.25) is 0 Å². The normalized spacial score (nSPS) is 10.5. The molecule has 0 radical (unpaired) electrons. The lowest BCUT2D eigenvalue weighted by atomic mass is 10.0. The third-order valence-electron chi connectivity index (χ3n) is 2.33. The van der Waals surface area contributed by atoms with Crippen LogP contribution in [0.4, 0.5) is 4.39 Å². The molecule has 1 nitrogen and oxygen atoms in total. The van der Waals surface area contributed by atoms with E-state index in [9.17, 15) is 9.50 Å². The van der Waals surface area contributed by atoms with E-state index < -0.39 is 0 Å². The van der Waals surface area contributed by atoms with E-state index in [2.05, 4.69) is 0 Å². The molecule has 0 aliphatic rings. The monoisotopic (exact) mass is 196 g/mol. The molecule has 0 bridgehead atoms. The highest BCUT2D eigenvalue weighted by Gasteiger charge is 2.10. The first-order chi connectivity index (χ1) is 6.70. The highest BCUT2D eigenvalue weighted by molar-refractivity contribution is 5.41. The Morgan fingerprint density at radius 1 is 1.14 bits per heavy atom. The van der Waals surface area contributed by atoms with E-state index in [-0.39, 0.29) is 11.6 Å². The average molecular weight is 196 g/mol. The highest BCUT2D eigenvalue weighted by Crippen LogP contribution is 2.27. The zero-order chi connectivity index (χ0) is 10.6. The number of aryl methyl sites for hydroxylation is 1. The molecule has 0 amide bonds. The number of halogens is 1. The van der Waals surface area contributed by atoms with Gasteiger partial charge in [-0.3, -0.25) is 0 Å². The Morgan fingerprint density at radius 2 is 1.79 bits per heavy atom. The molecular formula is C12H17FO. The molecule has 0 aromatic heterocycles. The van der Waals surface area contributed by atoms with Crippen LogP contribution in [-0.4, -0.2) is 5.11 Å². The lowest BCUT2D eigenvalue weighted by molar-refractivity contribution is 0.450. The molecule has 2 heteroatoms. The van der Waals surface area contributed by atoms with Gasteiger partial charge >= 0.3 is 0 Å². The topological polar surface area (TPSA) is 20.2 Å². The van der Waals surface area contributed by atoms with E-state index in [0.29, 0.717) is 12.0 Å². The van der Waals surface area contributed by atoms with Gasteiger partial charge in [-0.2, -0.15) is 0 Å². The van der Waals surface area contributed by atoms with Crippen molar-refractivity contribution in [3.8, 4) is 5.75 Å². The average Bonchev–Trinajstić information content (AvgIpc) is 2.17. The van der Waals surface area contributed by atoms with Crippen LogP contribution in [0.1, 0.15) is 37.8 Å². The van der Waals surface area contributed by atoms with Gasteiger partial charge in [-0.1, -0.05) is 32.8 Å². The number of hydrogen-bond donors (Lipinski definition) is 1. The molecule has 0 atom stereocenters. The van der Waals surface area contributed by atoms with Gasteiger partial charge in [-0.05, 0) is 24.5 Å². The van der Waals surface area contributed by atoms with Crippen LogP contribution in [-0.2, 0) is 12.8 Å². The quantitative estimate of drug-likeness (QED) is 0.782. The maximum absolute atomic E-state index is 13.3. The summed E-state index contributed by atoms with van der Waals surface area (Å²) < 4.78 is 13.3. The lowest BCUT2D eigenvalue weighted by Gasteiger charge is -2.09. The van der Waals surface area contributed by atoms with Crippen molar-refractivity contribution >= 4 is 0 Å². The van der Waals surface area contributed by atoms with E-state index in [1.165, 1.54) is 6.07 Å². The van der Waals surface area contributed by atoms with E-state index in [1.807, 2.05) is 13.8 Å². The van der Waals surface area contributed by atoms with Crippen LogP contribution in [0.5, 0.6) is 5.75 Å². The van der Waals surface area contributed by atoms with Gasteiger partial charge in [0.25, 0.3) is 0 Å². The Bertz CT molecular complexity index is 307. The first kappa shape index (κ1) is 11.0. The summed E-state index contributed by atoms with van der Waals surface area (Å²) >= 11 is 0. The van der Waals surface area contributed by atoms with Gasteiger partial charge in [0.05, 0.1) is 0 Å². The maximum Gasteiger partial charge on any atom is 0.130 e. The molecule has 0 fully saturated rings. The van der Waals surface area contributed by atoms with Gasteiger partial charge in [0.1, 0.15) is 11.6 Å². The van der Waals surface area contributed by atoms with E-state index >= 15 is 0 Å². The second-order valence-corrected chi connectivity index (χ2v) is 3.53. The predicted molar refractivity (Wildman–Crippen MR) is 56.1 cm³/mol. The number of phenols is 1. The SMILES string of the molecule is CCCc1ccc(F)c(CCC)c1O. The maximum atomic E-state index is 13.3. The first-order valence-corrected chi connectivity index (χ1v) is 5.19. The summed E-state index contributed by atoms with van der Waals surface area (Å²) in [7, 11) is 0. The van der Waals surface area contributed by atoms with Crippen LogP contribution >= 0.6 is 0 Å². The molecule has 0 saturated heterocycles. The minimum atomic E-state index is -0.288. The second kappa shape index (κ2) is 4.99. The largest absolute Gasteiger partial charge is 0.507 e. The van der Waals surface area contributed by atoms with E-state index in [0.717, 1.165) is 24.8 Å². The fraction of sp³-hybridized carbons (Fsp3) is 0.500. The number of benzene rings is 1. The molecule has 0 heterocycles. The number of hydrogen-bond acceptors (Lipinski definition) is 1. The Kier molecular flexibility index (Phi) is 3.93. The van der Waals surface area contributed by atoms with Crippen molar-refractivity contribution in [2.45, 2.75) is 39.5 Å². The number of phenolic OH excluding ortho intramolecular Hbond substituents is 1. The molecule has 0 aliphatic heterocycles.